The van der Waals surface area contributed by atoms with Gasteiger partial charge in [-0.1, -0.05) is 13.0 Å². The summed E-state index contributed by atoms with van der Waals surface area (Å²) in [5, 5.41) is 7.90. The Labute approximate surface area is 108 Å². The molecule has 1 aromatic heterocycles. The molecule has 0 fully saturated rings. The van der Waals surface area contributed by atoms with Gasteiger partial charge >= 0.3 is 0 Å². The van der Waals surface area contributed by atoms with Crippen LogP contribution in [0.5, 0.6) is 0 Å². The fourth-order valence-corrected chi connectivity index (χ4v) is 1.89. The minimum absolute atomic E-state index is 0.202. The van der Waals surface area contributed by atoms with E-state index in [4.69, 9.17) is 11.6 Å². The van der Waals surface area contributed by atoms with Crippen molar-refractivity contribution in [2.75, 3.05) is 0 Å². The van der Waals surface area contributed by atoms with Gasteiger partial charge in [0.2, 0.25) is 5.28 Å². The van der Waals surface area contributed by atoms with Gasteiger partial charge in [-0.2, -0.15) is 0 Å². The van der Waals surface area contributed by atoms with E-state index < -0.39 is 11.6 Å². The van der Waals surface area contributed by atoms with Crippen molar-refractivity contribution in [3.63, 3.8) is 0 Å². The summed E-state index contributed by atoms with van der Waals surface area (Å²) in [7, 11) is 0. The molecule has 0 spiro atoms. The second-order valence-electron chi connectivity index (χ2n) is 3.96. The van der Waals surface area contributed by atoms with E-state index in [9.17, 15) is 8.78 Å². The third kappa shape index (κ3) is 2.67. The van der Waals surface area contributed by atoms with Gasteiger partial charge in [0.1, 0.15) is 17.5 Å². The molecule has 0 amide bonds. The summed E-state index contributed by atoms with van der Waals surface area (Å²) in [6.07, 6.45) is 1.60. The van der Waals surface area contributed by atoms with Crippen LogP contribution < -0.4 is 0 Å². The van der Waals surface area contributed by atoms with E-state index in [0.29, 0.717) is 17.8 Å². The van der Waals surface area contributed by atoms with Gasteiger partial charge in [-0.15, -0.1) is 10.2 Å². The highest BCUT2D eigenvalue weighted by molar-refractivity contribution is 6.28. The molecule has 0 atom stereocenters. The van der Waals surface area contributed by atoms with Crippen molar-refractivity contribution in [1.29, 1.82) is 0 Å². The molecular weight excluding hydrogens is 260 g/mol. The van der Waals surface area contributed by atoms with Crippen LogP contribution in [0.15, 0.2) is 18.2 Å². The van der Waals surface area contributed by atoms with Crippen LogP contribution in [-0.2, 0) is 13.0 Å². The van der Waals surface area contributed by atoms with Gasteiger partial charge in [-0.3, -0.25) is 4.57 Å². The molecule has 18 heavy (non-hydrogen) atoms. The molecule has 1 heterocycles. The average Bonchev–Trinajstić information content (AvgIpc) is 2.65. The largest absolute Gasteiger partial charge is 0.297 e. The van der Waals surface area contributed by atoms with Gasteiger partial charge in [0.05, 0.1) is 6.54 Å². The summed E-state index contributed by atoms with van der Waals surface area (Å²) in [6, 6.07) is 3.47. The van der Waals surface area contributed by atoms with E-state index in [1.54, 1.807) is 4.57 Å². The van der Waals surface area contributed by atoms with Crippen LogP contribution in [0.1, 0.15) is 24.7 Å². The van der Waals surface area contributed by atoms with Crippen molar-refractivity contribution in [2.45, 2.75) is 26.3 Å². The van der Waals surface area contributed by atoms with Crippen LogP contribution >= 0.6 is 11.6 Å². The molecule has 0 saturated carbocycles. The van der Waals surface area contributed by atoms with Crippen LogP contribution in [-0.4, -0.2) is 14.8 Å². The summed E-state index contributed by atoms with van der Waals surface area (Å²) in [5.41, 5.74) is 0.357. The zero-order valence-electron chi connectivity index (χ0n) is 9.83. The highest BCUT2D eigenvalue weighted by Crippen LogP contribution is 2.16. The van der Waals surface area contributed by atoms with Crippen molar-refractivity contribution in [3.05, 3.63) is 46.5 Å². The van der Waals surface area contributed by atoms with Crippen molar-refractivity contribution in [1.82, 2.24) is 14.8 Å². The van der Waals surface area contributed by atoms with E-state index >= 15 is 0 Å². The van der Waals surface area contributed by atoms with Crippen molar-refractivity contribution >= 4 is 11.6 Å². The summed E-state index contributed by atoms with van der Waals surface area (Å²) >= 11 is 5.91. The number of hydrogen-bond acceptors (Lipinski definition) is 2. The lowest BCUT2D eigenvalue weighted by molar-refractivity contribution is 0.563. The first kappa shape index (κ1) is 13.0. The smallest absolute Gasteiger partial charge is 0.225 e. The van der Waals surface area contributed by atoms with Crippen LogP contribution in [0.25, 0.3) is 0 Å². The molecule has 0 saturated heterocycles. The Kier molecular flexibility index (Phi) is 3.91. The average molecular weight is 272 g/mol. The predicted molar refractivity (Wildman–Crippen MR) is 64.5 cm³/mol. The van der Waals surface area contributed by atoms with Crippen LogP contribution in [0.4, 0.5) is 8.78 Å². The van der Waals surface area contributed by atoms with Gasteiger partial charge in [0.15, 0.2) is 0 Å². The lowest BCUT2D eigenvalue weighted by Crippen LogP contribution is -2.07. The van der Waals surface area contributed by atoms with E-state index in [1.807, 2.05) is 6.92 Å². The summed E-state index contributed by atoms with van der Waals surface area (Å²) < 4.78 is 28.0. The highest BCUT2D eigenvalue weighted by Gasteiger charge is 2.12. The summed E-state index contributed by atoms with van der Waals surface area (Å²) in [5.74, 6) is -0.492. The van der Waals surface area contributed by atoms with Crippen LogP contribution in [0.2, 0.25) is 5.28 Å². The fraction of sp³-hybridized carbons (Fsp3) is 0.333. The standard InChI is InChI=1S/C12H12ClF2N3/c1-2-3-11-16-17-12(13)18(11)7-8-4-5-9(14)6-10(8)15/h4-6H,2-3,7H2,1H3. The maximum absolute atomic E-state index is 13.6. The topological polar surface area (TPSA) is 30.7 Å². The van der Waals surface area contributed by atoms with Gasteiger partial charge in [-0.05, 0) is 24.1 Å². The molecule has 0 radical (unpaired) electrons. The van der Waals surface area contributed by atoms with E-state index in [2.05, 4.69) is 10.2 Å². The van der Waals surface area contributed by atoms with E-state index in [-0.39, 0.29) is 11.8 Å². The van der Waals surface area contributed by atoms with Crippen molar-refractivity contribution < 1.29 is 8.78 Å². The first-order chi connectivity index (χ1) is 8.61. The second-order valence-corrected chi connectivity index (χ2v) is 4.30. The molecular formula is C12H12ClF2N3. The monoisotopic (exact) mass is 271 g/mol. The molecule has 0 N–H and O–H groups in total. The highest BCUT2D eigenvalue weighted by atomic mass is 35.5. The molecule has 0 aliphatic carbocycles. The van der Waals surface area contributed by atoms with Crippen molar-refractivity contribution in [3.8, 4) is 0 Å². The van der Waals surface area contributed by atoms with Gasteiger partial charge in [0.25, 0.3) is 0 Å². The lowest BCUT2D eigenvalue weighted by atomic mass is 10.2. The molecule has 3 nitrogen and oxygen atoms in total. The zero-order chi connectivity index (χ0) is 13.1. The third-order valence-electron chi connectivity index (χ3n) is 2.60. The second kappa shape index (κ2) is 5.44. The molecule has 2 aromatic rings. The molecule has 0 bridgehead atoms. The number of hydrogen-bond donors (Lipinski definition) is 0. The van der Waals surface area contributed by atoms with E-state index in [0.717, 1.165) is 12.5 Å². The Morgan fingerprint density at radius 3 is 2.72 bits per heavy atom. The third-order valence-corrected chi connectivity index (χ3v) is 2.88. The summed E-state index contributed by atoms with van der Waals surface area (Å²) in [6.45, 7) is 2.21. The van der Waals surface area contributed by atoms with Gasteiger partial charge in [0, 0.05) is 18.1 Å². The predicted octanol–water partition coefficient (Wildman–Crippen LogP) is 3.21. The molecule has 6 heteroatoms. The lowest BCUT2D eigenvalue weighted by Gasteiger charge is -2.08. The van der Waals surface area contributed by atoms with Crippen LogP contribution in [0, 0.1) is 11.6 Å². The minimum Gasteiger partial charge on any atom is -0.297 e. The molecule has 1 aromatic carbocycles. The Morgan fingerprint density at radius 2 is 2.06 bits per heavy atom. The Morgan fingerprint density at radius 1 is 1.28 bits per heavy atom. The molecule has 2 rings (SSSR count). The first-order valence-corrected chi connectivity index (χ1v) is 6.01. The van der Waals surface area contributed by atoms with Gasteiger partial charge in [-0.25, -0.2) is 8.78 Å². The quantitative estimate of drug-likeness (QED) is 0.855. The van der Waals surface area contributed by atoms with E-state index in [1.165, 1.54) is 12.1 Å². The van der Waals surface area contributed by atoms with Gasteiger partial charge < -0.3 is 0 Å². The number of rotatable bonds is 4. The number of benzene rings is 1. The number of aromatic nitrogens is 3. The SMILES string of the molecule is CCCc1nnc(Cl)n1Cc1ccc(F)cc1F. The van der Waals surface area contributed by atoms with Crippen LogP contribution in [0.3, 0.4) is 0 Å². The Hall–Kier alpha value is -1.49. The molecule has 0 aliphatic heterocycles. The molecule has 0 unspecified atom stereocenters. The number of nitrogens with zero attached hydrogens (tertiary/aromatic N) is 3. The Bertz CT molecular complexity index is 554. The number of aryl methyl sites for hydroxylation is 1. The number of halogens is 3. The van der Waals surface area contributed by atoms with Crippen molar-refractivity contribution in [2.24, 2.45) is 0 Å². The normalized spacial score (nSPS) is 10.9. The minimum atomic E-state index is -0.597. The maximum atomic E-state index is 13.6. The first-order valence-electron chi connectivity index (χ1n) is 5.63. The maximum Gasteiger partial charge on any atom is 0.225 e. The molecule has 96 valence electrons. The molecule has 0 aliphatic rings. The Balaban J connectivity index is 2.30. The summed E-state index contributed by atoms with van der Waals surface area (Å²) in [4.78, 5) is 0. The zero-order valence-corrected chi connectivity index (χ0v) is 10.6. The fourth-order valence-electron chi connectivity index (χ4n) is 1.70.